The summed E-state index contributed by atoms with van der Waals surface area (Å²) in [5.74, 6) is -1.39. The van der Waals surface area contributed by atoms with E-state index >= 15 is 0 Å². The highest BCUT2D eigenvalue weighted by molar-refractivity contribution is 6.03. The molecule has 8 rings (SSSR count). The van der Waals surface area contributed by atoms with Gasteiger partial charge in [0.05, 0.1) is 17.0 Å². The van der Waals surface area contributed by atoms with Crippen LogP contribution in [0.1, 0.15) is 25.7 Å². The molecule has 3 N–H and O–H groups in total. The van der Waals surface area contributed by atoms with Crippen LogP contribution in [0, 0.1) is 29.4 Å². The lowest BCUT2D eigenvalue weighted by molar-refractivity contribution is -0.148. The standard InChI is InChI=1S/C29H24F2N4O2/c30-18-11-19-21(13-32-26(19)22(31)12-18)28-33-23-10-17-4-2-1-3-16(17)9-20(23)27(35-28)34-25-15-7-5-14(6-8-15)24(25)29(36)37/h1-4,9-15,24-25,32H,5-8H2,(H,36,37)(H,33,34,35). The average Bonchev–Trinajstić information content (AvgIpc) is 3.32. The van der Waals surface area contributed by atoms with Crippen LogP contribution in [-0.2, 0) is 4.79 Å². The normalized spacial score (nSPS) is 23.2. The third-order valence-corrected chi connectivity index (χ3v) is 8.32. The number of carbonyl (C=O) groups is 1. The number of hydrogen-bond acceptors (Lipinski definition) is 4. The second kappa shape index (κ2) is 8.23. The summed E-state index contributed by atoms with van der Waals surface area (Å²) in [6.45, 7) is 0. The van der Waals surface area contributed by atoms with Gasteiger partial charge in [0.25, 0.3) is 0 Å². The van der Waals surface area contributed by atoms with E-state index in [4.69, 9.17) is 9.97 Å². The highest BCUT2D eigenvalue weighted by Gasteiger charge is 2.47. The van der Waals surface area contributed by atoms with E-state index in [2.05, 4.69) is 10.3 Å². The maximum atomic E-state index is 14.4. The van der Waals surface area contributed by atoms with Gasteiger partial charge in [-0.05, 0) is 66.5 Å². The Hall–Kier alpha value is -4.07. The van der Waals surface area contributed by atoms with Crippen molar-refractivity contribution in [1.82, 2.24) is 15.0 Å². The molecule has 0 amide bonds. The Morgan fingerprint density at radius 3 is 2.43 bits per heavy atom. The third kappa shape index (κ3) is 3.54. The van der Waals surface area contributed by atoms with Crippen molar-refractivity contribution in [2.75, 3.05) is 5.32 Å². The first kappa shape index (κ1) is 22.2. The summed E-state index contributed by atoms with van der Waals surface area (Å²) in [7, 11) is 0. The number of hydrogen-bond donors (Lipinski definition) is 3. The molecule has 2 atom stereocenters. The molecule has 5 aromatic rings. The minimum Gasteiger partial charge on any atom is -0.481 e. The van der Waals surface area contributed by atoms with E-state index in [0.717, 1.165) is 47.9 Å². The lowest BCUT2D eigenvalue weighted by Gasteiger charge is -2.47. The molecule has 0 radical (unpaired) electrons. The molecule has 2 bridgehead atoms. The maximum Gasteiger partial charge on any atom is 0.308 e. The monoisotopic (exact) mass is 498 g/mol. The first-order chi connectivity index (χ1) is 18.0. The Balaban J connectivity index is 1.44. The Morgan fingerprint density at radius 2 is 1.68 bits per heavy atom. The van der Waals surface area contributed by atoms with Gasteiger partial charge < -0.3 is 15.4 Å². The summed E-state index contributed by atoms with van der Waals surface area (Å²) in [5.41, 5.74) is 1.33. The molecule has 2 heterocycles. The van der Waals surface area contributed by atoms with Crippen LogP contribution in [0.4, 0.5) is 14.6 Å². The summed E-state index contributed by atoms with van der Waals surface area (Å²) in [4.78, 5) is 24.8. The van der Waals surface area contributed by atoms with Gasteiger partial charge >= 0.3 is 5.97 Å². The van der Waals surface area contributed by atoms with Gasteiger partial charge in [0.2, 0.25) is 0 Å². The summed E-state index contributed by atoms with van der Waals surface area (Å²) in [6, 6.07) is 13.8. The van der Waals surface area contributed by atoms with Crippen LogP contribution >= 0.6 is 0 Å². The van der Waals surface area contributed by atoms with E-state index in [1.54, 1.807) is 6.20 Å². The molecule has 3 aliphatic rings. The van der Waals surface area contributed by atoms with Crippen LogP contribution in [0.5, 0.6) is 0 Å². The largest absolute Gasteiger partial charge is 0.481 e. The fourth-order valence-corrected chi connectivity index (χ4v) is 6.56. The fraction of sp³-hybridized carbons (Fsp3) is 0.276. The van der Waals surface area contributed by atoms with E-state index in [9.17, 15) is 18.7 Å². The number of H-pyrrole nitrogens is 1. The van der Waals surface area contributed by atoms with Gasteiger partial charge in [-0.25, -0.2) is 18.7 Å². The number of anilines is 1. The molecule has 3 aromatic carbocycles. The lowest BCUT2D eigenvalue weighted by atomic mass is 9.61. The van der Waals surface area contributed by atoms with Crippen molar-refractivity contribution in [1.29, 1.82) is 0 Å². The van der Waals surface area contributed by atoms with Crippen LogP contribution < -0.4 is 5.32 Å². The van der Waals surface area contributed by atoms with Crippen LogP contribution in [0.15, 0.2) is 54.7 Å². The minimum absolute atomic E-state index is 0.146. The van der Waals surface area contributed by atoms with Gasteiger partial charge in [0.1, 0.15) is 17.5 Å². The zero-order valence-corrected chi connectivity index (χ0v) is 19.8. The van der Waals surface area contributed by atoms with E-state index in [1.807, 2.05) is 36.4 Å². The highest BCUT2D eigenvalue weighted by atomic mass is 19.1. The smallest absolute Gasteiger partial charge is 0.308 e. The van der Waals surface area contributed by atoms with Crippen LogP contribution in [0.2, 0.25) is 0 Å². The average molecular weight is 499 g/mol. The molecular formula is C29H24F2N4O2. The summed E-state index contributed by atoms with van der Waals surface area (Å²) in [6.07, 6.45) is 5.44. The molecule has 37 heavy (non-hydrogen) atoms. The van der Waals surface area contributed by atoms with E-state index in [0.29, 0.717) is 28.1 Å². The number of benzene rings is 3. The molecule has 2 aromatic heterocycles. The summed E-state index contributed by atoms with van der Waals surface area (Å²) in [5, 5.41) is 16.8. The predicted octanol–water partition coefficient (Wildman–Crippen LogP) is 6.51. The van der Waals surface area contributed by atoms with Crippen LogP contribution in [-0.4, -0.2) is 32.1 Å². The Labute approximate surface area is 210 Å². The summed E-state index contributed by atoms with van der Waals surface area (Å²) >= 11 is 0. The van der Waals surface area contributed by atoms with Gasteiger partial charge in [0.15, 0.2) is 5.82 Å². The zero-order chi connectivity index (χ0) is 25.3. The van der Waals surface area contributed by atoms with Crippen molar-refractivity contribution in [2.24, 2.45) is 17.8 Å². The van der Waals surface area contributed by atoms with Crippen molar-refractivity contribution in [2.45, 2.75) is 31.7 Å². The van der Waals surface area contributed by atoms with Crippen molar-refractivity contribution in [3.8, 4) is 11.4 Å². The Bertz CT molecular complexity index is 1710. The van der Waals surface area contributed by atoms with E-state index < -0.39 is 23.5 Å². The third-order valence-electron chi connectivity index (χ3n) is 8.32. The molecule has 3 saturated carbocycles. The number of nitrogens with one attached hydrogen (secondary N) is 2. The molecule has 0 spiro atoms. The zero-order valence-electron chi connectivity index (χ0n) is 19.8. The van der Waals surface area contributed by atoms with Crippen molar-refractivity contribution >= 4 is 44.4 Å². The van der Waals surface area contributed by atoms with Gasteiger partial charge in [-0.2, -0.15) is 0 Å². The fourth-order valence-electron chi connectivity index (χ4n) is 6.56. The molecule has 8 heteroatoms. The van der Waals surface area contributed by atoms with Gasteiger partial charge in [-0.1, -0.05) is 24.3 Å². The first-order valence-corrected chi connectivity index (χ1v) is 12.6. The topological polar surface area (TPSA) is 90.9 Å². The molecule has 2 unspecified atom stereocenters. The lowest BCUT2D eigenvalue weighted by Crippen LogP contribution is -2.51. The number of aromatic nitrogens is 3. The Kier molecular flexibility index (Phi) is 4.93. The van der Waals surface area contributed by atoms with Gasteiger partial charge in [-0.15, -0.1) is 0 Å². The minimum atomic E-state index is -0.779. The SMILES string of the molecule is O=C(O)C1C2CCC(CC2)C1Nc1nc(-c2c[nH]c3c(F)cc(F)cc23)nc2cc3ccccc3cc12. The molecule has 3 aliphatic carbocycles. The number of aromatic amines is 1. The second-order valence-corrected chi connectivity index (χ2v) is 10.3. The van der Waals surface area contributed by atoms with Crippen molar-refractivity contribution in [3.05, 3.63) is 66.4 Å². The van der Waals surface area contributed by atoms with Crippen molar-refractivity contribution in [3.63, 3.8) is 0 Å². The number of carboxylic acids is 1. The van der Waals surface area contributed by atoms with Gasteiger partial charge in [0, 0.05) is 34.6 Å². The van der Waals surface area contributed by atoms with Crippen LogP contribution in [0.3, 0.4) is 0 Å². The molecular weight excluding hydrogens is 474 g/mol. The van der Waals surface area contributed by atoms with Crippen LogP contribution in [0.25, 0.3) is 44.0 Å². The second-order valence-electron chi connectivity index (χ2n) is 10.3. The maximum absolute atomic E-state index is 14.4. The number of fused-ring (bicyclic) bond motifs is 6. The van der Waals surface area contributed by atoms with E-state index in [1.165, 1.54) is 6.07 Å². The molecule has 186 valence electrons. The predicted molar refractivity (Wildman–Crippen MR) is 138 cm³/mol. The molecule has 0 saturated heterocycles. The first-order valence-electron chi connectivity index (χ1n) is 12.6. The quantitative estimate of drug-likeness (QED) is 0.246. The highest BCUT2D eigenvalue weighted by Crippen LogP contribution is 2.47. The molecule has 6 nitrogen and oxygen atoms in total. The van der Waals surface area contributed by atoms with E-state index in [-0.39, 0.29) is 23.4 Å². The Morgan fingerprint density at radius 1 is 0.946 bits per heavy atom. The van der Waals surface area contributed by atoms with Gasteiger partial charge in [-0.3, -0.25) is 4.79 Å². The molecule has 3 fully saturated rings. The summed E-state index contributed by atoms with van der Waals surface area (Å²) < 4.78 is 28.5. The van der Waals surface area contributed by atoms with Crippen molar-refractivity contribution < 1.29 is 18.7 Å². The number of rotatable bonds is 4. The molecule has 0 aliphatic heterocycles. The number of nitrogens with zero attached hydrogens (tertiary/aromatic N) is 2. The number of halogens is 2. The number of carboxylic acid groups (broad SMARTS) is 1. The number of aliphatic carboxylic acids is 1.